The maximum atomic E-state index is 11.6. The van der Waals surface area contributed by atoms with Gasteiger partial charge >= 0.3 is 0 Å². The highest BCUT2D eigenvalue weighted by molar-refractivity contribution is 7.07. The Bertz CT molecular complexity index is 573. The van der Waals surface area contributed by atoms with Gasteiger partial charge in [-0.15, -0.1) is 0 Å². The fourth-order valence-electron chi connectivity index (χ4n) is 2.30. The van der Waals surface area contributed by atoms with Crippen molar-refractivity contribution in [2.75, 3.05) is 4.90 Å². The van der Waals surface area contributed by atoms with Crippen LogP contribution in [0.25, 0.3) is 0 Å². The Morgan fingerprint density at radius 3 is 2.80 bits per heavy atom. The first-order chi connectivity index (χ1) is 9.78. The normalized spacial score (nSPS) is 14.2. The molecule has 2 heterocycles. The molecule has 4 heteroatoms. The summed E-state index contributed by atoms with van der Waals surface area (Å²) >= 11 is 1.73. The van der Waals surface area contributed by atoms with Gasteiger partial charge in [0.05, 0.1) is 11.9 Å². The van der Waals surface area contributed by atoms with Crippen LogP contribution in [0.5, 0.6) is 0 Å². The van der Waals surface area contributed by atoms with E-state index in [1.165, 1.54) is 18.4 Å². The van der Waals surface area contributed by atoms with E-state index in [0.717, 1.165) is 12.2 Å². The number of carbonyl (C=O) groups excluding carboxylic acids is 1. The smallest absolute Gasteiger partial charge is 0.180 e. The van der Waals surface area contributed by atoms with Crippen LogP contribution < -0.4 is 4.90 Å². The van der Waals surface area contributed by atoms with Gasteiger partial charge in [-0.1, -0.05) is 6.92 Å². The Morgan fingerprint density at radius 2 is 2.25 bits per heavy atom. The molecule has 0 aliphatic heterocycles. The van der Waals surface area contributed by atoms with Crippen LogP contribution in [0.4, 0.5) is 5.69 Å². The number of hydrogen-bond donors (Lipinski definition) is 0. The molecule has 0 spiro atoms. The standard InChI is InChI=1S/C16H18N2OS/c1-2-16(19)15-6-5-14(9-17-15)18(13-3-4-13)10-12-7-8-20-11-12/h5-9,11,13H,2-4,10H2,1H3. The quantitative estimate of drug-likeness (QED) is 0.755. The van der Waals surface area contributed by atoms with Gasteiger partial charge in [-0.2, -0.15) is 11.3 Å². The Balaban J connectivity index is 1.79. The zero-order valence-electron chi connectivity index (χ0n) is 11.6. The Hall–Kier alpha value is -1.68. The molecule has 0 aromatic carbocycles. The number of ketones is 1. The molecule has 104 valence electrons. The molecule has 1 aliphatic carbocycles. The summed E-state index contributed by atoms with van der Waals surface area (Å²) in [6.07, 6.45) is 4.85. The third kappa shape index (κ3) is 2.90. The number of thiophene rings is 1. The molecule has 0 atom stereocenters. The van der Waals surface area contributed by atoms with Gasteiger partial charge in [0.25, 0.3) is 0 Å². The number of nitrogens with zero attached hydrogens (tertiary/aromatic N) is 2. The van der Waals surface area contributed by atoms with Crippen LogP contribution >= 0.6 is 11.3 Å². The summed E-state index contributed by atoms with van der Waals surface area (Å²) in [7, 11) is 0. The van der Waals surface area contributed by atoms with Crippen molar-refractivity contribution in [3.8, 4) is 0 Å². The Kier molecular flexibility index (Phi) is 3.83. The van der Waals surface area contributed by atoms with Crippen LogP contribution in [-0.2, 0) is 6.54 Å². The second-order valence-electron chi connectivity index (χ2n) is 5.17. The second kappa shape index (κ2) is 5.75. The van der Waals surface area contributed by atoms with E-state index in [1.807, 2.05) is 25.3 Å². The topological polar surface area (TPSA) is 33.2 Å². The van der Waals surface area contributed by atoms with Crippen LogP contribution in [0.3, 0.4) is 0 Å². The third-order valence-corrected chi connectivity index (χ3v) is 4.34. The number of hydrogen-bond acceptors (Lipinski definition) is 4. The van der Waals surface area contributed by atoms with Gasteiger partial charge in [-0.05, 0) is 47.4 Å². The first-order valence-corrected chi connectivity index (χ1v) is 7.99. The van der Waals surface area contributed by atoms with E-state index in [4.69, 9.17) is 0 Å². The fraction of sp³-hybridized carbons (Fsp3) is 0.375. The molecule has 3 nitrogen and oxygen atoms in total. The van der Waals surface area contributed by atoms with E-state index in [9.17, 15) is 4.79 Å². The van der Waals surface area contributed by atoms with Gasteiger partial charge in [0, 0.05) is 19.0 Å². The van der Waals surface area contributed by atoms with Crippen molar-refractivity contribution in [2.24, 2.45) is 0 Å². The van der Waals surface area contributed by atoms with Crippen molar-refractivity contribution >= 4 is 22.8 Å². The van der Waals surface area contributed by atoms with Crippen molar-refractivity contribution in [1.82, 2.24) is 4.98 Å². The van der Waals surface area contributed by atoms with Crippen LogP contribution in [0.1, 0.15) is 42.2 Å². The van der Waals surface area contributed by atoms with Gasteiger partial charge in [-0.3, -0.25) is 9.78 Å². The summed E-state index contributed by atoms with van der Waals surface area (Å²) < 4.78 is 0. The minimum absolute atomic E-state index is 0.104. The van der Waals surface area contributed by atoms with E-state index in [-0.39, 0.29) is 5.78 Å². The number of aromatic nitrogens is 1. The number of carbonyl (C=O) groups is 1. The molecule has 2 aromatic heterocycles. The summed E-state index contributed by atoms with van der Waals surface area (Å²) in [5, 5.41) is 4.31. The average Bonchev–Trinajstić information content (AvgIpc) is 3.21. The monoisotopic (exact) mass is 286 g/mol. The van der Waals surface area contributed by atoms with E-state index in [1.54, 1.807) is 11.3 Å². The van der Waals surface area contributed by atoms with Gasteiger partial charge in [0.15, 0.2) is 5.78 Å². The SMILES string of the molecule is CCC(=O)c1ccc(N(Cc2ccsc2)C2CC2)cn1. The average molecular weight is 286 g/mol. The zero-order valence-corrected chi connectivity index (χ0v) is 12.4. The molecule has 3 rings (SSSR count). The summed E-state index contributed by atoms with van der Waals surface area (Å²) in [6.45, 7) is 2.79. The Morgan fingerprint density at radius 1 is 1.40 bits per heavy atom. The molecular formula is C16H18N2OS. The van der Waals surface area contributed by atoms with Gasteiger partial charge < -0.3 is 4.90 Å². The van der Waals surface area contributed by atoms with E-state index >= 15 is 0 Å². The van der Waals surface area contributed by atoms with Crippen molar-refractivity contribution in [2.45, 2.75) is 38.8 Å². The van der Waals surface area contributed by atoms with Gasteiger partial charge in [0.1, 0.15) is 5.69 Å². The van der Waals surface area contributed by atoms with E-state index in [0.29, 0.717) is 18.2 Å². The van der Waals surface area contributed by atoms with Crippen molar-refractivity contribution in [1.29, 1.82) is 0 Å². The molecule has 0 amide bonds. The van der Waals surface area contributed by atoms with Crippen molar-refractivity contribution < 1.29 is 4.79 Å². The molecule has 0 unspecified atom stereocenters. The lowest BCUT2D eigenvalue weighted by atomic mass is 10.2. The summed E-state index contributed by atoms with van der Waals surface area (Å²) in [5.41, 5.74) is 3.03. The second-order valence-corrected chi connectivity index (χ2v) is 5.95. The molecule has 1 aliphatic rings. The van der Waals surface area contributed by atoms with E-state index in [2.05, 4.69) is 26.7 Å². The lowest BCUT2D eigenvalue weighted by molar-refractivity contribution is 0.0983. The fourth-order valence-corrected chi connectivity index (χ4v) is 2.96. The summed E-state index contributed by atoms with van der Waals surface area (Å²) in [5.74, 6) is 0.104. The number of anilines is 1. The first kappa shape index (κ1) is 13.3. The molecule has 0 radical (unpaired) electrons. The minimum atomic E-state index is 0.104. The number of Topliss-reactive ketones (excluding diaryl/α,β-unsaturated/α-hetero) is 1. The van der Waals surface area contributed by atoms with Gasteiger partial charge in [-0.25, -0.2) is 0 Å². The molecule has 2 aromatic rings. The zero-order chi connectivity index (χ0) is 13.9. The lowest BCUT2D eigenvalue weighted by Crippen LogP contribution is -2.25. The third-order valence-electron chi connectivity index (χ3n) is 3.61. The molecule has 0 saturated heterocycles. The summed E-state index contributed by atoms with van der Waals surface area (Å²) in [6, 6.07) is 6.68. The molecule has 0 N–H and O–H groups in total. The Labute approximate surface area is 123 Å². The predicted octanol–water partition coefficient (Wildman–Crippen LogP) is 3.90. The molecule has 1 fully saturated rings. The molecule has 20 heavy (non-hydrogen) atoms. The van der Waals surface area contributed by atoms with Crippen LogP contribution in [-0.4, -0.2) is 16.8 Å². The van der Waals surface area contributed by atoms with Crippen LogP contribution in [0.2, 0.25) is 0 Å². The van der Waals surface area contributed by atoms with Gasteiger partial charge in [0.2, 0.25) is 0 Å². The largest absolute Gasteiger partial charge is 0.363 e. The van der Waals surface area contributed by atoms with Crippen LogP contribution in [0, 0.1) is 0 Å². The maximum absolute atomic E-state index is 11.6. The van der Waals surface area contributed by atoms with E-state index < -0.39 is 0 Å². The summed E-state index contributed by atoms with van der Waals surface area (Å²) in [4.78, 5) is 18.3. The van der Waals surface area contributed by atoms with Crippen LogP contribution in [0.15, 0.2) is 35.2 Å². The highest BCUT2D eigenvalue weighted by atomic mass is 32.1. The minimum Gasteiger partial charge on any atom is -0.363 e. The van der Waals surface area contributed by atoms with Crippen molar-refractivity contribution in [3.05, 3.63) is 46.4 Å². The number of pyridine rings is 1. The molecule has 0 bridgehead atoms. The molecular weight excluding hydrogens is 268 g/mol. The van der Waals surface area contributed by atoms with Crippen molar-refractivity contribution in [3.63, 3.8) is 0 Å². The first-order valence-electron chi connectivity index (χ1n) is 7.05. The molecule has 1 saturated carbocycles. The number of rotatable bonds is 6. The maximum Gasteiger partial charge on any atom is 0.180 e. The highest BCUT2D eigenvalue weighted by Crippen LogP contribution is 2.33. The highest BCUT2D eigenvalue weighted by Gasteiger charge is 2.29. The predicted molar refractivity (Wildman–Crippen MR) is 82.4 cm³/mol. The lowest BCUT2D eigenvalue weighted by Gasteiger charge is -2.24.